The Morgan fingerprint density at radius 1 is 1.27 bits per heavy atom. The van der Waals surface area contributed by atoms with Crippen LogP contribution in [0.3, 0.4) is 0 Å². The van der Waals surface area contributed by atoms with Gasteiger partial charge in [-0.2, -0.15) is 0 Å². The maximum absolute atomic E-state index is 10.8. The van der Waals surface area contributed by atoms with Crippen LogP contribution in [0.25, 0.3) is 0 Å². The van der Waals surface area contributed by atoms with Crippen LogP contribution >= 0.6 is 0 Å². The van der Waals surface area contributed by atoms with Gasteiger partial charge in [-0.3, -0.25) is 0 Å². The van der Waals surface area contributed by atoms with Crippen LogP contribution in [0.2, 0.25) is 0 Å². The van der Waals surface area contributed by atoms with E-state index in [0.29, 0.717) is 30.3 Å². The summed E-state index contributed by atoms with van der Waals surface area (Å²) >= 11 is 0. The van der Waals surface area contributed by atoms with Gasteiger partial charge in [0.25, 0.3) is 0 Å². The van der Waals surface area contributed by atoms with Gasteiger partial charge < -0.3 is 14.9 Å². The third-order valence-corrected chi connectivity index (χ3v) is 8.48. The third-order valence-electron chi connectivity index (χ3n) is 8.48. The van der Waals surface area contributed by atoms with Gasteiger partial charge in [0.05, 0.1) is 24.9 Å². The minimum Gasteiger partial charge on any atom is -0.394 e. The van der Waals surface area contributed by atoms with Gasteiger partial charge in [-0.25, -0.2) is 0 Å². The van der Waals surface area contributed by atoms with Crippen molar-refractivity contribution in [3.8, 4) is 0 Å². The second kappa shape index (κ2) is 6.76. The number of ether oxygens (including phenoxy) is 1. The first-order chi connectivity index (χ1) is 12.4. The standard InChI is InChI=1S/C23H36O3/c1-4-23-13-15(2)21-17-9-10-22(3,26-12-11-24)14-16(17)5-6-18(21)19(23)7-8-20(23)25/h5,17-21,24-25H,2,4,6-14H2,1,3H3/t17?,18?,19?,20?,21?,22?,23-/m0/s1. The summed E-state index contributed by atoms with van der Waals surface area (Å²) < 4.78 is 6.00. The van der Waals surface area contributed by atoms with Gasteiger partial charge in [0.2, 0.25) is 0 Å². The summed E-state index contributed by atoms with van der Waals surface area (Å²) in [6.45, 7) is 9.57. The Kier molecular flexibility index (Phi) is 4.86. The van der Waals surface area contributed by atoms with E-state index in [-0.39, 0.29) is 23.7 Å². The van der Waals surface area contributed by atoms with Crippen LogP contribution in [0.15, 0.2) is 23.8 Å². The smallest absolute Gasteiger partial charge is 0.0705 e. The Morgan fingerprint density at radius 3 is 2.81 bits per heavy atom. The molecule has 4 aliphatic carbocycles. The lowest BCUT2D eigenvalue weighted by Gasteiger charge is -2.56. The summed E-state index contributed by atoms with van der Waals surface area (Å²) in [7, 11) is 0. The molecule has 0 bridgehead atoms. The van der Waals surface area contributed by atoms with Crippen molar-refractivity contribution in [3.63, 3.8) is 0 Å². The molecule has 6 unspecified atom stereocenters. The highest BCUT2D eigenvalue weighted by atomic mass is 16.5. The van der Waals surface area contributed by atoms with E-state index >= 15 is 0 Å². The molecular formula is C23H36O3. The minimum atomic E-state index is -0.137. The Morgan fingerprint density at radius 2 is 2.08 bits per heavy atom. The molecular weight excluding hydrogens is 324 g/mol. The zero-order valence-electron chi connectivity index (χ0n) is 16.5. The van der Waals surface area contributed by atoms with Gasteiger partial charge in [0.15, 0.2) is 0 Å². The average Bonchev–Trinajstić information content (AvgIpc) is 2.96. The van der Waals surface area contributed by atoms with E-state index in [1.807, 2.05) is 0 Å². The highest BCUT2D eigenvalue weighted by Gasteiger charge is 2.58. The Balaban J connectivity index is 1.59. The van der Waals surface area contributed by atoms with Crippen molar-refractivity contribution >= 4 is 0 Å². The number of aliphatic hydroxyl groups is 2. The van der Waals surface area contributed by atoms with Crippen LogP contribution < -0.4 is 0 Å². The maximum Gasteiger partial charge on any atom is 0.0705 e. The van der Waals surface area contributed by atoms with Gasteiger partial charge >= 0.3 is 0 Å². The minimum absolute atomic E-state index is 0.0943. The molecule has 0 heterocycles. The molecule has 3 nitrogen and oxygen atoms in total. The molecule has 0 aromatic carbocycles. The zero-order chi connectivity index (χ0) is 18.5. The molecule has 4 rings (SSSR count). The van der Waals surface area contributed by atoms with E-state index in [0.717, 1.165) is 38.5 Å². The van der Waals surface area contributed by atoms with Crippen LogP contribution in [0.1, 0.15) is 65.2 Å². The normalized spacial score (nSPS) is 47.8. The molecule has 4 aliphatic rings. The number of rotatable bonds is 4. The van der Waals surface area contributed by atoms with E-state index in [1.54, 1.807) is 5.57 Å². The van der Waals surface area contributed by atoms with Gasteiger partial charge in [0, 0.05) is 5.41 Å². The molecule has 0 amide bonds. The Hall–Kier alpha value is -0.640. The molecule has 0 radical (unpaired) electrons. The van der Waals surface area contributed by atoms with E-state index in [4.69, 9.17) is 9.84 Å². The quantitative estimate of drug-likeness (QED) is 0.737. The summed E-state index contributed by atoms with van der Waals surface area (Å²) in [4.78, 5) is 0. The summed E-state index contributed by atoms with van der Waals surface area (Å²) in [6, 6.07) is 0. The second-order valence-corrected chi connectivity index (χ2v) is 9.67. The second-order valence-electron chi connectivity index (χ2n) is 9.67. The van der Waals surface area contributed by atoms with Crippen molar-refractivity contribution in [3.05, 3.63) is 23.8 Å². The molecule has 3 saturated carbocycles. The van der Waals surface area contributed by atoms with Crippen LogP contribution in [0, 0.1) is 29.1 Å². The Labute approximate surface area is 158 Å². The summed E-state index contributed by atoms with van der Waals surface area (Å²) in [5.74, 6) is 2.56. The number of allylic oxidation sites excluding steroid dienone is 2. The average molecular weight is 361 g/mol. The largest absolute Gasteiger partial charge is 0.394 e. The van der Waals surface area contributed by atoms with E-state index in [9.17, 15) is 5.11 Å². The lowest BCUT2D eigenvalue weighted by molar-refractivity contribution is -0.0753. The van der Waals surface area contributed by atoms with Crippen molar-refractivity contribution in [1.82, 2.24) is 0 Å². The lowest BCUT2D eigenvalue weighted by atomic mass is 9.50. The first kappa shape index (κ1) is 18.7. The van der Waals surface area contributed by atoms with Gasteiger partial charge in [-0.1, -0.05) is 30.7 Å². The third kappa shape index (κ3) is 2.73. The van der Waals surface area contributed by atoms with Crippen LogP contribution in [0.4, 0.5) is 0 Å². The van der Waals surface area contributed by atoms with Crippen molar-refractivity contribution in [2.24, 2.45) is 29.1 Å². The fraction of sp³-hybridized carbons (Fsp3) is 0.826. The highest BCUT2D eigenvalue weighted by molar-refractivity contribution is 5.29. The monoisotopic (exact) mass is 360 g/mol. The molecule has 3 fully saturated rings. The first-order valence-electron chi connectivity index (χ1n) is 10.7. The van der Waals surface area contributed by atoms with E-state index < -0.39 is 0 Å². The summed E-state index contributed by atoms with van der Waals surface area (Å²) in [6.07, 6.45) is 11.0. The molecule has 146 valence electrons. The SMILES string of the molecule is C=C1C[C@]2(CC)C(O)CCC2C2CC=C3CC(C)(OCCO)CCC3C12. The predicted octanol–water partition coefficient (Wildman–Crippen LogP) is 4.24. The molecule has 3 heteroatoms. The molecule has 26 heavy (non-hydrogen) atoms. The summed E-state index contributed by atoms with van der Waals surface area (Å²) in [5, 5.41) is 19.9. The van der Waals surface area contributed by atoms with Gasteiger partial charge in [-0.15, -0.1) is 0 Å². The first-order valence-corrected chi connectivity index (χ1v) is 10.7. The molecule has 7 atom stereocenters. The fourth-order valence-corrected chi connectivity index (χ4v) is 7.29. The molecule has 0 spiro atoms. The van der Waals surface area contributed by atoms with Gasteiger partial charge in [-0.05, 0) is 82.0 Å². The molecule has 0 aromatic heterocycles. The number of aliphatic hydroxyl groups excluding tert-OH is 2. The maximum atomic E-state index is 10.8. The topological polar surface area (TPSA) is 49.7 Å². The summed E-state index contributed by atoms with van der Waals surface area (Å²) in [5.41, 5.74) is 2.95. The molecule has 0 aliphatic heterocycles. The van der Waals surface area contributed by atoms with Crippen molar-refractivity contribution in [2.75, 3.05) is 13.2 Å². The van der Waals surface area contributed by atoms with Crippen LogP contribution in [0.5, 0.6) is 0 Å². The van der Waals surface area contributed by atoms with Crippen LogP contribution in [-0.4, -0.2) is 35.1 Å². The lowest BCUT2D eigenvalue weighted by Crippen LogP contribution is -2.50. The highest BCUT2D eigenvalue weighted by Crippen LogP contribution is 2.64. The zero-order valence-corrected chi connectivity index (χ0v) is 16.5. The van der Waals surface area contributed by atoms with Crippen LogP contribution in [-0.2, 0) is 4.74 Å². The van der Waals surface area contributed by atoms with Crippen molar-refractivity contribution in [1.29, 1.82) is 0 Å². The predicted molar refractivity (Wildman–Crippen MR) is 104 cm³/mol. The number of hydrogen-bond acceptors (Lipinski definition) is 3. The van der Waals surface area contributed by atoms with Gasteiger partial charge in [0.1, 0.15) is 0 Å². The number of fused-ring (bicyclic) bond motifs is 5. The van der Waals surface area contributed by atoms with Crippen molar-refractivity contribution < 1.29 is 14.9 Å². The molecule has 0 aromatic rings. The molecule has 0 saturated heterocycles. The fourth-order valence-electron chi connectivity index (χ4n) is 7.29. The Bertz CT molecular complexity index is 596. The molecule has 2 N–H and O–H groups in total. The van der Waals surface area contributed by atoms with Crippen molar-refractivity contribution in [2.45, 2.75) is 76.9 Å². The van der Waals surface area contributed by atoms with E-state index in [2.05, 4.69) is 26.5 Å². The number of hydrogen-bond donors (Lipinski definition) is 2. The van der Waals surface area contributed by atoms with E-state index in [1.165, 1.54) is 18.4 Å².